The van der Waals surface area contributed by atoms with Crippen LogP contribution in [0.1, 0.15) is 48.5 Å². The van der Waals surface area contributed by atoms with Crippen molar-refractivity contribution in [2.24, 2.45) is 5.73 Å². The average Bonchev–Trinajstić information content (AvgIpc) is 3.15. The molecule has 2 aromatic rings. The first-order valence-corrected chi connectivity index (χ1v) is 6.46. The first-order valence-electron chi connectivity index (χ1n) is 6.46. The smallest absolute Gasteiger partial charge is 0.229 e. The number of hydrogen-bond donors (Lipinski definition) is 1. The second kappa shape index (κ2) is 4.90. The molecule has 94 valence electrons. The molecule has 0 amide bonds. The molecule has 1 unspecified atom stereocenters. The largest absolute Gasteiger partial charge is 0.339 e. The molecule has 1 atom stereocenters. The standard InChI is InChI=1S/C14H17N3O/c15-12(9-6-10-4-2-1-3-5-10)13-16-14(18-17-13)11-7-8-11/h1-5,11-12H,6-9,15H2. The Labute approximate surface area is 106 Å². The molecule has 4 nitrogen and oxygen atoms in total. The molecule has 1 aliphatic rings. The van der Waals surface area contributed by atoms with Crippen molar-refractivity contribution in [3.63, 3.8) is 0 Å². The van der Waals surface area contributed by atoms with E-state index in [2.05, 4.69) is 22.3 Å². The maximum absolute atomic E-state index is 6.09. The van der Waals surface area contributed by atoms with E-state index in [1.807, 2.05) is 18.2 Å². The normalized spacial score (nSPS) is 16.7. The van der Waals surface area contributed by atoms with E-state index in [-0.39, 0.29) is 6.04 Å². The molecular weight excluding hydrogens is 226 g/mol. The molecule has 1 fully saturated rings. The van der Waals surface area contributed by atoms with Crippen LogP contribution < -0.4 is 5.73 Å². The summed E-state index contributed by atoms with van der Waals surface area (Å²) in [5, 5.41) is 3.98. The zero-order chi connectivity index (χ0) is 12.4. The summed E-state index contributed by atoms with van der Waals surface area (Å²) in [4.78, 5) is 4.38. The Balaban J connectivity index is 1.58. The zero-order valence-corrected chi connectivity index (χ0v) is 10.2. The van der Waals surface area contributed by atoms with Crippen LogP contribution in [0.4, 0.5) is 0 Å². The van der Waals surface area contributed by atoms with Gasteiger partial charge in [0.25, 0.3) is 0 Å². The summed E-state index contributed by atoms with van der Waals surface area (Å²) in [6, 6.07) is 10.2. The third-order valence-electron chi connectivity index (χ3n) is 3.30. The zero-order valence-electron chi connectivity index (χ0n) is 10.2. The summed E-state index contributed by atoms with van der Waals surface area (Å²) >= 11 is 0. The van der Waals surface area contributed by atoms with Crippen LogP contribution in [0.3, 0.4) is 0 Å². The fraction of sp³-hybridized carbons (Fsp3) is 0.429. The minimum absolute atomic E-state index is 0.138. The molecule has 1 aliphatic carbocycles. The number of benzene rings is 1. The monoisotopic (exact) mass is 243 g/mol. The Bertz CT molecular complexity index is 505. The first-order chi connectivity index (χ1) is 8.83. The van der Waals surface area contributed by atoms with Gasteiger partial charge in [0.05, 0.1) is 6.04 Å². The molecule has 3 rings (SSSR count). The van der Waals surface area contributed by atoms with Gasteiger partial charge in [-0.15, -0.1) is 0 Å². The predicted octanol–water partition coefficient (Wildman–Crippen LogP) is 2.58. The van der Waals surface area contributed by atoms with E-state index in [4.69, 9.17) is 10.3 Å². The van der Waals surface area contributed by atoms with E-state index in [1.54, 1.807) is 0 Å². The number of hydrogen-bond acceptors (Lipinski definition) is 4. The maximum atomic E-state index is 6.09. The number of rotatable bonds is 5. The second-order valence-corrected chi connectivity index (χ2v) is 4.90. The van der Waals surface area contributed by atoms with E-state index in [9.17, 15) is 0 Å². The van der Waals surface area contributed by atoms with E-state index in [1.165, 1.54) is 18.4 Å². The van der Waals surface area contributed by atoms with Gasteiger partial charge in [0.15, 0.2) is 5.82 Å². The molecule has 2 N–H and O–H groups in total. The van der Waals surface area contributed by atoms with Crippen molar-refractivity contribution in [1.29, 1.82) is 0 Å². The van der Waals surface area contributed by atoms with Gasteiger partial charge in [-0.25, -0.2) is 0 Å². The fourth-order valence-corrected chi connectivity index (χ4v) is 1.99. The van der Waals surface area contributed by atoms with Crippen LogP contribution in [0.25, 0.3) is 0 Å². The van der Waals surface area contributed by atoms with Gasteiger partial charge in [0.1, 0.15) is 0 Å². The lowest BCUT2D eigenvalue weighted by molar-refractivity contribution is 0.369. The van der Waals surface area contributed by atoms with Crippen LogP contribution in [-0.2, 0) is 6.42 Å². The van der Waals surface area contributed by atoms with Crippen molar-refractivity contribution < 1.29 is 4.52 Å². The lowest BCUT2D eigenvalue weighted by atomic mass is 10.1. The average molecular weight is 243 g/mol. The second-order valence-electron chi connectivity index (χ2n) is 4.90. The highest BCUT2D eigenvalue weighted by atomic mass is 16.5. The predicted molar refractivity (Wildman–Crippen MR) is 68.0 cm³/mol. The molecule has 4 heteroatoms. The Morgan fingerprint density at radius 2 is 2.06 bits per heavy atom. The Hall–Kier alpha value is -1.68. The van der Waals surface area contributed by atoms with Crippen LogP contribution in [0.15, 0.2) is 34.9 Å². The number of nitrogens with zero attached hydrogens (tertiary/aromatic N) is 2. The third kappa shape index (κ3) is 2.59. The summed E-state index contributed by atoms with van der Waals surface area (Å²) in [5.41, 5.74) is 7.38. The van der Waals surface area contributed by atoms with Crippen LogP contribution in [0.5, 0.6) is 0 Å². The molecule has 18 heavy (non-hydrogen) atoms. The van der Waals surface area contributed by atoms with E-state index in [0.717, 1.165) is 18.7 Å². The van der Waals surface area contributed by atoms with Crippen molar-refractivity contribution in [1.82, 2.24) is 10.1 Å². The molecule has 0 bridgehead atoms. The molecule has 1 heterocycles. The molecule has 1 saturated carbocycles. The molecule has 1 aromatic carbocycles. The molecule has 1 aromatic heterocycles. The highest BCUT2D eigenvalue weighted by Gasteiger charge is 2.30. The SMILES string of the molecule is NC(CCc1ccccc1)c1noc(C2CC2)n1. The summed E-state index contributed by atoms with van der Waals surface area (Å²) in [6.45, 7) is 0. The molecular formula is C14H17N3O. The van der Waals surface area contributed by atoms with Gasteiger partial charge >= 0.3 is 0 Å². The lowest BCUT2D eigenvalue weighted by Crippen LogP contribution is -2.13. The van der Waals surface area contributed by atoms with Gasteiger partial charge in [-0.1, -0.05) is 35.5 Å². The number of nitrogens with two attached hydrogens (primary N) is 1. The van der Waals surface area contributed by atoms with Crippen LogP contribution in [0.2, 0.25) is 0 Å². The number of aromatic nitrogens is 2. The molecule has 0 aliphatic heterocycles. The lowest BCUT2D eigenvalue weighted by Gasteiger charge is -2.06. The Kier molecular flexibility index (Phi) is 3.11. The van der Waals surface area contributed by atoms with Gasteiger partial charge in [-0.3, -0.25) is 0 Å². The van der Waals surface area contributed by atoms with Crippen molar-refractivity contribution in [2.75, 3.05) is 0 Å². The molecule has 0 spiro atoms. The van der Waals surface area contributed by atoms with Gasteiger partial charge in [0, 0.05) is 5.92 Å². The topological polar surface area (TPSA) is 64.9 Å². The molecule has 0 radical (unpaired) electrons. The van der Waals surface area contributed by atoms with Gasteiger partial charge in [-0.05, 0) is 31.2 Å². The van der Waals surface area contributed by atoms with Gasteiger partial charge < -0.3 is 10.3 Å². The highest BCUT2D eigenvalue weighted by Crippen LogP contribution is 2.39. The van der Waals surface area contributed by atoms with E-state index >= 15 is 0 Å². The summed E-state index contributed by atoms with van der Waals surface area (Å²) < 4.78 is 5.22. The highest BCUT2D eigenvalue weighted by molar-refractivity contribution is 5.15. The van der Waals surface area contributed by atoms with Crippen LogP contribution >= 0.6 is 0 Å². The Morgan fingerprint density at radius 3 is 2.78 bits per heavy atom. The first kappa shape index (κ1) is 11.4. The number of aryl methyl sites for hydroxylation is 1. The van der Waals surface area contributed by atoms with Crippen molar-refractivity contribution in [2.45, 2.75) is 37.6 Å². The molecule has 0 saturated heterocycles. The quantitative estimate of drug-likeness (QED) is 0.876. The van der Waals surface area contributed by atoms with Gasteiger partial charge in [-0.2, -0.15) is 4.98 Å². The maximum Gasteiger partial charge on any atom is 0.229 e. The Morgan fingerprint density at radius 1 is 1.28 bits per heavy atom. The minimum Gasteiger partial charge on any atom is -0.339 e. The minimum atomic E-state index is -0.138. The summed E-state index contributed by atoms with van der Waals surface area (Å²) in [7, 11) is 0. The van der Waals surface area contributed by atoms with Crippen LogP contribution in [0, 0.1) is 0 Å². The van der Waals surface area contributed by atoms with E-state index in [0.29, 0.717) is 11.7 Å². The fourth-order valence-electron chi connectivity index (χ4n) is 1.99. The van der Waals surface area contributed by atoms with Crippen LogP contribution in [-0.4, -0.2) is 10.1 Å². The van der Waals surface area contributed by atoms with E-state index < -0.39 is 0 Å². The van der Waals surface area contributed by atoms with Crippen molar-refractivity contribution in [3.8, 4) is 0 Å². The summed E-state index contributed by atoms with van der Waals surface area (Å²) in [6.07, 6.45) is 4.12. The summed E-state index contributed by atoms with van der Waals surface area (Å²) in [5.74, 6) is 1.90. The van der Waals surface area contributed by atoms with Crippen molar-refractivity contribution in [3.05, 3.63) is 47.6 Å². The van der Waals surface area contributed by atoms with Crippen molar-refractivity contribution >= 4 is 0 Å². The van der Waals surface area contributed by atoms with Gasteiger partial charge in [0.2, 0.25) is 5.89 Å². The third-order valence-corrected chi connectivity index (χ3v) is 3.30.